The molecule has 2 amide bonds. The van der Waals surface area contributed by atoms with Crippen molar-refractivity contribution in [3.63, 3.8) is 0 Å². The van der Waals surface area contributed by atoms with Crippen LogP contribution in [-0.4, -0.2) is 55.1 Å². The van der Waals surface area contributed by atoms with E-state index in [0.29, 0.717) is 24.6 Å². The molecule has 1 aliphatic carbocycles. The second-order valence-corrected chi connectivity index (χ2v) is 10.8. The van der Waals surface area contributed by atoms with E-state index in [0.717, 1.165) is 46.6 Å². The average Bonchev–Trinajstić information content (AvgIpc) is 3.58. The van der Waals surface area contributed by atoms with Crippen LogP contribution in [0.1, 0.15) is 41.7 Å². The van der Waals surface area contributed by atoms with Gasteiger partial charge in [-0.25, -0.2) is 9.78 Å². The normalized spacial score (nSPS) is 18.2. The molecule has 9 heteroatoms. The summed E-state index contributed by atoms with van der Waals surface area (Å²) in [5, 5.41) is 12.7. The Morgan fingerprint density at radius 1 is 1.19 bits per heavy atom. The minimum atomic E-state index is -1.05. The lowest BCUT2D eigenvalue weighted by Crippen LogP contribution is -2.49. The van der Waals surface area contributed by atoms with Gasteiger partial charge in [0.1, 0.15) is 11.3 Å². The molecule has 2 fully saturated rings. The first-order valence-corrected chi connectivity index (χ1v) is 13.2. The van der Waals surface area contributed by atoms with E-state index in [4.69, 9.17) is 10.1 Å². The smallest absolute Gasteiger partial charge is 0.404 e. The highest BCUT2D eigenvalue weighted by Gasteiger charge is 2.29. The number of nitrogens with zero attached hydrogens (tertiary/aromatic N) is 4. The van der Waals surface area contributed by atoms with Gasteiger partial charge < -0.3 is 24.3 Å². The van der Waals surface area contributed by atoms with E-state index in [1.54, 1.807) is 4.90 Å². The average molecular weight is 550 g/mol. The van der Waals surface area contributed by atoms with Crippen molar-refractivity contribution in [2.75, 3.05) is 13.1 Å². The number of amides is 2. The maximum atomic E-state index is 13.3. The van der Waals surface area contributed by atoms with E-state index >= 15 is 0 Å². The largest absolute Gasteiger partial charge is 0.465 e. The van der Waals surface area contributed by atoms with E-state index in [2.05, 4.69) is 57.0 Å². The number of nitrogens with one attached hydrogen (secondary N) is 1. The van der Waals surface area contributed by atoms with Crippen molar-refractivity contribution in [1.29, 1.82) is 0 Å². The number of hydrogen-bond acceptors (Lipinski definition) is 3. The lowest BCUT2D eigenvalue weighted by molar-refractivity contribution is 0.0692. The number of para-hydroxylation sites is 1. The minimum Gasteiger partial charge on any atom is -0.465 e. The molecule has 6 rings (SSSR count). The van der Waals surface area contributed by atoms with Crippen molar-refractivity contribution in [1.82, 2.24) is 24.2 Å². The number of carboxylic acid groups (broad SMARTS) is 1. The quantitative estimate of drug-likeness (QED) is 0.353. The number of rotatable bonds is 5. The van der Waals surface area contributed by atoms with Crippen LogP contribution in [-0.2, 0) is 6.54 Å². The number of benzene rings is 1. The van der Waals surface area contributed by atoms with Crippen LogP contribution in [0.5, 0.6) is 0 Å². The van der Waals surface area contributed by atoms with Gasteiger partial charge in [0.05, 0.1) is 10.2 Å². The summed E-state index contributed by atoms with van der Waals surface area (Å²) in [6.07, 6.45) is 4.89. The summed E-state index contributed by atoms with van der Waals surface area (Å²) in [5.41, 5.74) is 5.50. The fraction of sp³-hybridized carbons (Fsp3) is 0.370. The lowest BCUT2D eigenvalue weighted by Gasteiger charge is -2.32. The number of pyridine rings is 1. The van der Waals surface area contributed by atoms with Crippen LogP contribution in [0.25, 0.3) is 27.9 Å². The van der Waals surface area contributed by atoms with Crippen molar-refractivity contribution >= 4 is 44.5 Å². The zero-order valence-corrected chi connectivity index (χ0v) is 21.7. The number of imidazole rings is 1. The maximum absolute atomic E-state index is 13.3. The van der Waals surface area contributed by atoms with Crippen LogP contribution in [0.4, 0.5) is 4.79 Å². The molecule has 186 valence electrons. The molecule has 0 spiro atoms. The number of piperidine rings is 1. The third-order valence-corrected chi connectivity index (χ3v) is 8.22. The molecule has 2 N–H and O–H groups in total. The standard InChI is InChI=1S/C27H28BrN5O3/c1-16-24(25-23(28)20-6-2-3-7-21(20)33(25)14-17-8-9-17)30-22-13-18(10-12-32(16)22)26(34)31-11-4-5-19(15-31)29-27(35)36/h2-3,6-7,10,12-13,17,19,29H,4-5,8-9,11,14-15H2,1H3,(H,35,36)/t19-/m1/s1. The molecular weight excluding hydrogens is 522 g/mol. The van der Waals surface area contributed by atoms with Gasteiger partial charge in [0.15, 0.2) is 0 Å². The van der Waals surface area contributed by atoms with Gasteiger partial charge in [-0.05, 0) is 72.7 Å². The van der Waals surface area contributed by atoms with E-state index in [1.807, 2.05) is 22.7 Å². The van der Waals surface area contributed by atoms with Gasteiger partial charge >= 0.3 is 6.09 Å². The fourth-order valence-corrected chi connectivity index (χ4v) is 6.14. The van der Waals surface area contributed by atoms with Crippen LogP contribution in [0.15, 0.2) is 47.1 Å². The predicted octanol–water partition coefficient (Wildman–Crippen LogP) is 5.31. The third kappa shape index (κ3) is 4.05. The van der Waals surface area contributed by atoms with Gasteiger partial charge in [0.25, 0.3) is 5.91 Å². The number of likely N-dealkylation sites (tertiary alicyclic amines) is 1. The highest BCUT2D eigenvalue weighted by Crippen LogP contribution is 2.42. The van der Waals surface area contributed by atoms with Crippen LogP contribution in [0.3, 0.4) is 0 Å². The molecule has 0 unspecified atom stereocenters. The van der Waals surface area contributed by atoms with Crippen LogP contribution in [0, 0.1) is 12.8 Å². The van der Waals surface area contributed by atoms with Gasteiger partial charge in [-0.3, -0.25) is 4.79 Å². The summed E-state index contributed by atoms with van der Waals surface area (Å²) >= 11 is 3.87. The second-order valence-electron chi connectivity index (χ2n) is 9.96. The number of carbonyl (C=O) groups excluding carboxylic acids is 1. The van der Waals surface area contributed by atoms with Crippen molar-refractivity contribution < 1.29 is 14.7 Å². The molecule has 0 bridgehead atoms. The van der Waals surface area contributed by atoms with E-state index in [9.17, 15) is 9.59 Å². The molecule has 1 aliphatic heterocycles. The topological polar surface area (TPSA) is 91.9 Å². The first-order valence-electron chi connectivity index (χ1n) is 12.4. The van der Waals surface area contributed by atoms with Gasteiger partial charge in [-0.2, -0.15) is 0 Å². The Morgan fingerprint density at radius 2 is 2.00 bits per heavy atom. The number of aryl methyl sites for hydroxylation is 1. The molecule has 2 aliphatic rings. The molecule has 4 heterocycles. The van der Waals surface area contributed by atoms with Crippen molar-refractivity contribution in [2.24, 2.45) is 5.92 Å². The Bertz CT molecular complexity index is 1500. The summed E-state index contributed by atoms with van der Waals surface area (Å²) in [7, 11) is 0. The summed E-state index contributed by atoms with van der Waals surface area (Å²) in [4.78, 5) is 31.1. The Hall–Kier alpha value is -3.33. The first kappa shape index (κ1) is 23.1. The zero-order valence-electron chi connectivity index (χ0n) is 20.1. The Balaban J connectivity index is 1.37. The zero-order chi connectivity index (χ0) is 25.0. The molecular formula is C27H28BrN5O3. The fourth-order valence-electron chi connectivity index (χ4n) is 5.40. The molecule has 8 nitrogen and oxygen atoms in total. The highest BCUT2D eigenvalue weighted by atomic mass is 79.9. The monoisotopic (exact) mass is 549 g/mol. The summed E-state index contributed by atoms with van der Waals surface area (Å²) in [5.74, 6) is 0.609. The van der Waals surface area contributed by atoms with E-state index in [-0.39, 0.29) is 11.9 Å². The molecule has 4 aromatic rings. The SMILES string of the molecule is Cc1c(-c2c(Br)c3ccccc3n2CC2CC2)nc2cc(C(=O)N3CCC[C@@H](NC(=O)O)C3)ccn12. The Labute approximate surface area is 217 Å². The van der Waals surface area contributed by atoms with Gasteiger partial charge in [0.2, 0.25) is 0 Å². The molecule has 36 heavy (non-hydrogen) atoms. The van der Waals surface area contributed by atoms with Crippen molar-refractivity contribution in [2.45, 2.75) is 45.2 Å². The first-order chi connectivity index (χ1) is 17.4. The van der Waals surface area contributed by atoms with Crippen LogP contribution >= 0.6 is 15.9 Å². The summed E-state index contributed by atoms with van der Waals surface area (Å²) in [6, 6.07) is 11.9. The van der Waals surface area contributed by atoms with Crippen LogP contribution < -0.4 is 5.32 Å². The van der Waals surface area contributed by atoms with E-state index in [1.165, 1.54) is 23.7 Å². The second kappa shape index (κ2) is 8.96. The predicted molar refractivity (Wildman–Crippen MR) is 141 cm³/mol. The lowest BCUT2D eigenvalue weighted by atomic mass is 10.0. The number of hydrogen-bond donors (Lipinski definition) is 2. The highest BCUT2D eigenvalue weighted by molar-refractivity contribution is 9.10. The number of halogens is 1. The van der Waals surface area contributed by atoms with Gasteiger partial charge in [-0.1, -0.05) is 18.2 Å². The molecule has 3 aromatic heterocycles. The molecule has 1 atom stereocenters. The van der Waals surface area contributed by atoms with Gasteiger partial charge in [-0.15, -0.1) is 0 Å². The summed E-state index contributed by atoms with van der Waals surface area (Å²) < 4.78 is 5.47. The number of aromatic nitrogens is 3. The molecule has 0 radical (unpaired) electrons. The Morgan fingerprint density at radius 3 is 2.78 bits per heavy atom. The molecule has 1 aromatic carbocycles. The van der Waals surface area contributed by atoms with Crippen molar-refractivity contribution in [3.05, 3.63) is 58.3 Å². The minimum absolute atomic E-state index is 0.0966. The van der Waals surface area contributed by atoms with Crippen LogP contribution in [0.2, 0.25) is 0 Å². The number of carbonyl (C=O) groups is 2. The summed E-state index contributed by atoms with van der Waals surface area (Å²) in [6.45, 7) is 4.03. The molecule has 1 saturated carbocycles. The Kier molecular flexibility index (Phi) is 5.75. The maximum Gasteiger partial charge on any atom is 0.404 e. The van der Waals surface area contributed by atoms with E-state index < -0.39 is 6.09 Å². The molecule has 1 saturated heterocycles. The third-order valence-electron chi connectivity index (χ3n) is 7.42. The number of fused-ring (bicyclic) bond motifs is 2. The van der Waals surface area contributed by atoms with Crippen molar-refractivity contribution in [3.8, 4) is 11.4 Å². The van der Waals surface area contributed by atoms with Gasteiger partial charge in [0, 0.05) is 54.0 Å².